The number of carbonyl (C=O) groups excluding carboxylic acids is 2. The largest absolute Gasteiger partial charge is 0.494 e. The van der Waals surface area contributed by atoms with Gasteiger partial charge in [-0.3, -0.25) is 4.79 Å². The van der Waals surface area contributed by atoms with Crippen LogP contribution in [0.4, 0.5) is 5.00 Å². The molecule has 0 saturated heterocycles. The van der Waals surface area contributed by atoms with E-state index < -0.39 is 5.97 Å². The van der Waals surface area contributed by atoms with E-state index in [1.54, 1.807) is 6.92 Å². The monoisotopic (exact) mass is 555 g/mol. The third kappa shape index (κ3) is 5.75. The summed E-state index contributed by atoms with van der Waals surface area (Å²) >= 11 is 2.79. The maximum Gasteiger partial charge on any atom is 0.341 e. The van der Waals surface area contributed by atoms with Crippen LogP contribution in [0.15, 0.2) is 78.2 Å². The third-order valence-electron chi connectivity index (χ3n) is 6.38. The van der Waals surface area contributed by atoms with Gasteiger partial charge < -0.3 is 14.8 Å². The molecule has 0 unspecified atom stereocenters. The van der Waals surface area contributed by atoms with Crippen molar-refractivity contribution >= 4 is 49.6 Å². The first-order valence-corrected chi connectivity index (χ1v) is 14.6. The molecular weight excluding hydrogens is 526 g/mol. The van der Waals surface area contributed by atoms with Gasteiger partial charge in [0.2, 0.25) is 0 Å². The minimum Gasteiger partial charge on any atom is -0.494 e. The van der Waals surface area contributed by atoms with Crippen LogP contribution in [0, 0.1) is 6.92 Å². The molecule has 5 nitrogen and oxygen atoms in total. The van der Waals surface area contributed by atoms with E-state index in [2.05, 4.69) is 42.6 Å². The second-order valence-electron chi connectivity index (χ2n) is 9.05. The Morgan fingerprint density at radius 3 is 2.36 bits per heavy atom. The zero-order valence-electron chi connectivity index (χ0n) is 22.1. The fourth-order valence-corrected chi connectivity index (χ4v) is 6.56. The van der Waals surface area contributed by atoms with Crippen LogP contribution in [0.3, 0.4) is 0 Å². The number of benzene rings is 3. The highest BCUT2D eigenvalue weighted by molar-refractivity contribution is 7.21. The number of hydrogen-bond acceptors (Lipinski definition) is 6. The molecule has 2 heterocycles. The second-order valence-corrected chi connectivity index (χ2v) is 11.0. The minimum atomic E-state index is -0.464. The molecule has 1 N–H and O–H groups in total. The summed E-state index contributed by atoms with van der Waals surface area (Å²) < 4.78 is 12.0. The summed E-state index contributed by atoms with van der Waals surface area (Å²) in [6.07, 6.45) is 0.639. The zero-order valence-corrected chi connectivity index (χ0v) is 23.7. The van der Waals surface area contributed by atoms with E-state index in [0.29, 0.717) is 34.0 Å². The Balaban J connectivity index is 1.51. The molecule has 0 saturated carbocycles. The van der Waals surface area contributed by atoms with Crippen molar-refractivity contribution in [3.05, 3.63) is 105 Å². The van der Waals surface area contributed by atoms with Gasteiger partial charge >= 0.3 is 5.97 Å². The molecular formula is C32H29NO4S2. The van der Waals surface area contributed by atoms with Crippen LogP contribution in [0.1, 0.15) is 50.6 Å². The van der Waals surface area contributed by atoms with Crippen LogP contribution in [0.5, 0.6) is 5.75 Å². The Labute approximate surface area is 236 Å². The van der Waals surface area contributed by atoms with Crippen LogP contribution in [-0.4, -0.2) is 25.1 Å². The van der Waals surface area contributed by atoms with Crippen LogP contribution < -0.4 is 10.1 Å². The summed E-state index contributed by atoms with van der Waals surface area (Å²) in [6, 6.07) is 24.0. The summed E-state index contributed by atoms with van der Waals surface area (Å²) in [7, 11) is 0. The van der Waals surface area contributed by atoms with Crippen molar-refractivity contribution in [1.29, 1.82) is 0 Å². The molecule has 0 fully saturated rings. The highest BCUT2D eigenvalue weighted by Gasteiger charge is 2.25. The van der Waals surface area contributed by atoms with Gasteiger partial charge in [-0.15, -0.1) is 22.7 Å². The van der Waals surface area contributed by atoms with Crippen molar-refractivity contribution in [2.45, 2.75) is 27.2 Å². The molecule has 0 atom stereocenters. The first-order chi connectivity index (χ1) is 19.0. The van der Waals surface area contributed by atoms with Crippen LogP contribution >= 0.6 is 22.7 Å². The molecule has 0 radical (unpaired) electrons. The van der Waals surface area contributed by atoms with Gasteiger partial charge in [0.1, 0.15) is 16.3 Å². The number of ether oxygens (including phenoxy) is 2. The normalized spacial score (nSPS) is 10.9. The lowest BCUT2D eigenvalue weighted by molar-refractivity contribution is 0.0529. The fraction of sp³-hybridized carbons (Fsp3) is 0.188. The number of rotatable bonds is 9. The van der Waals surface area contributed by atoms with Gasteiger partial charge in [-0.1, -0.05) is 60.2 Å². The topological polar surface area (TPSA) is 64.6 Å². The van der Waals surface area contributed by atoms with E-state index in [9.17, 15) is 9.59 Å². The lowest BCUT2D eigenvalue weighted by Gasteiger charge is -2.10. The van der Waals surface area contributed by atoms with Crippen molar-refractivity contribution in [3.63, 3.8) is 0 Å². The van der Waals surface area contributed by atoms with Gasteiger partial charge in [0, 0.05) is 15.6 Å². The number of aryl methyl sites for hydroxylation is 1. The highest BCUT2D eigenvalue weighted by Crippen LogP contribution is 2.39. The average molecular weight is 556 g/mol. The standard InChI is InChI=1S/C32H29NO4S2/c1-4-36-23-16-14-22(15-17-23)26-19-38-31(28(26)32(35)37-5-2)33-30(34)29-25(18-21-12-10-20(3)11-13-21)24-8-6-7-9-27(24)39-29/h6-17,19H,4-5,18H2,1-3H3,(H,33,34). The Kier molecular flexibility index (Phi) is 8.10. The first kappa shape index (κ1) is 26.7. The molecule has 7 heteroatoms. The fourth-order valence-electron chi connectivity index (χ4n) is 4.49. The Morgan fingerprint density at radius 2 is 1.64 bits per heavy atom. The van der Waals surface area contributed by atoms with Crippen LogP contribution in [0.2, 0.25) is 0 Å². The third-order valence-corrected chi connectivity index (χ3v) is 8.49. The molecule has 3 aromatic carbocycles. The summed E-state index contributed by atoms with van der Waals surface area (Å²) in [6.45, 7) is 6.58. The Morgan fingerprint density at radius 1 is 0.897 bits per heavy atom. The van der Waals surface area contributed by atoms with E-state index >= 15 is 0 Å². The number of esters is 1. The van der Waals surface area contributed by atoms with Crippen molar-refractivity contribution in [1.82, 2.24) is 0 Å². The van der Waals surface area contributed by atoms with E-state index in [-0.39, 0.29) is 12.5 Å². The van der Waals surface area contributed by atoms with Crippen molar-refractivity contribution in [3.8, 4) is 16.9 Å². The number of anilines is 1. The van der Waals surface area contributed by atoms with Gasteiger partial charge in [0.15, 0.2) is 0 Å². The van der Waals surface area contributed by atoms with Crippen molar-refractivity contribution in [2.75, 3.05) is 18.5 Å². The number of amides is 1. The number of thiophene rings is 2. The lowest BCUT2D eigenvalue weighted by atomic mass is 10.0. The minimum absolute atomic E-state index is 0.232. The highest BCUT2D eigenvalue weighted by atomic mass is 32.1. The molecule has 0 bridgehead atoms. The van der Waals surface area contributed by atoms with E-state index in [0.717, 1.165) is 32.5 Å². The SMILES string of the molecule is CCOC(=O)c1c(-c2ccc(OCC)cc2)csc1NC(=O)c1sc2ccccc2c1Cc1ccc(C)cc1. The molecule has 0 spiro atoms. The molecule has 2 aromatic heterocycles. The molecule has 0 aliphatic carbocycles. The molecule has 1 amide bonds. The van der Waals surface area contributed by atoms with Crippen LogP contribution in [-0.2, 0) is 11.2 Å². The molecule has 0 aliphatic rings. The van der Waals surface area contributed by atoms with E-state index in [1.807, 2.05) is 54.8 Å². The number of carbonyl (C=O) groups is 2. The van der Waals surface area contributed by atoms with E-state index in [4.69, 9.17) is 9.47 Å². The summed E-state index contributed by atoms with van der Waals surface area (Å²) in [4.78, 5) is 27.5. The Hall–Kier alpha value is -3.94. The zero-order chi connectivity index (χ0) is 27.4. The predicted molar refractivity (Wildman–Crippen MR) is 161 cm³/mol. The maximum absolute atomic E-state index is 13.8. The van der Waals surface area contributed by atoms with Gasteiger partial charge in [0.05, 0.1) is 18.1 Å². The second kappa shape index (κ2) is 11.8. The van der Waals surface area contributed by atoms with Gasteiger partial charge in [-0.25, -0.2) is 4.79 Å². The quantitative estimate of drug-likeness (QED) is 0.186. The number of hydrogen-bond donors (Lipinski definition) is 1. The number of nitrogens with one attached hydrogen (secondary N) is 1. The first-order valence-electron chi connectivity index (χ1n) is 12.9. The molecule has 5 aromatic rings. The van der Waals surface area contributed by atoms with Crippen molar-refractivity contribution in [2.24, 2.45) is 0 Å². The molecule has 5 rings (SSSR count). The van der Waals surface area contributed by atoms with Gasteiger partial charge in [-0.05, 0) is 67.5 Å². The van der Waals surface area contributed by atoms with Crippen LogP contribution in [0.25, 0.3) is 21.2 Å². The number of fused-ring (bicyclic) bond motifs is 1. The summed E-state index contributed by atoms with van der Waals surface area (Å²) in [5.74, 6) is 0.0617. The molecule has 198 valence electrons. The molecule has 0 aliphatic heterocycles. The summed E-state index contributed by atoms with van der Waals surface area (Å²) in [5, 5.41) is 6.48. The maximum atomic E-state index is 13.8. The lowest BCUT2D eigenvalue weighted by Crippen LogP contribution is -2.15. The smallest absolute Gasteiger partial charge is 0.341 e. The molecule has 39 heavy (non-hydrogen) atoms. The van der Waals surface area contributed by atoms with Gasteiger partial charge in [0.25, 0.3) is 5.91 Å². The average Bonchev–Trinajstić information content (AvgIpc) is 3.52. The van der Waals surface area contributed by atoms with E-state index in [1.165, 1.54) is 28.2 Å². The summed E-state index contributed by atoms with van der Waals surface area (Å²) in [5.41, 5.74) is 5.24. The predicted octanol–water partition coefficient (Wildman–Crippen LogP) is 8.36. The van der Waals surface area contributed by atoms with Crippen molar-refractivity contribution < 1.29 is 19.1 Å². The van der Waals surface area contributed by atoms with Gasteiger partial charge in [-0.2, -0.15) is 0 Å². The Bertz CT molecular complexity index is 1610.